The maximum atomic E-state index is 10.3. The van der Waals surface area contributed by atoms with Gasteiger partial charge in [-0.15, -0.1) is 0 Å². The first-order valence-corrected chi connectivity index (χ1v) is 8.44. The van der Waals surface area contributed by atoms with Crippen molar-refractivity contribution < 1.29 is 19.3 Å². The summed E-state index contributed by atoms with van der Waals surface area (Å²) < 4.78 is 16.2. The van der Waals surface area contributed by atoms with Crippen LogP contribution in [0.15, 0.2) is 48.5 Å². The molecule has 0 spiro atoms. The van der Waals surface area contributed by atoms with Crippen LogP contribution in [0.3, 0.4) is 0 Å². The standard InChI is InChI=1S/C20H27NO4/c1-4-21(13-16-8-6-5-7-9-16)14-17(22)15-25-20-11-18(23-2)10-19(12-20)24-3/h5-12,17,22H,4,13-15H2,1-3H3. The van der Waals surface area contributed by atoms with Crippen molar-refractivity contribution in [3.63, 3.8) is 0 Å². The highest BCUT2D eigenvalue weighted by Crippen LogP contribution is 2.27. The van der Waals surface area contributed by atoms with Gasteiger partial charge >= 0.3 is 0 Å². The molecule has 0 saturated heterocycles. The van der Waals surface area contributed by atoms with Crippen molar-refractivity contribution in [3.8, 4) is 17.2 Å². The molecule has 0 saturated carbocycles. The Bertz CT molecular complexity index is 611. The largest absolute Gasteiger partial charge is 0.496 e. The average Bonchev–Trinajstić information content (AvgIpc) is 2.66. The average molecular weight is 345 g/mol. The van der Waals surface area contributed by atoms with Crippen LogP contribution in [0.4, 0.5) is 0 Å². The van der Waals surface area contributed by atoms with E-state index in [1.807, 2.05) is 18.2 Å². The highest BCUT2D eigenvalue weighted by Gasteiger charge is 2.12. The second-order valence-electron chi connectivity index (χ2n) is 5.83. The van der Waals surface area contributed by atoms with E-state index in [1.54, 1.807) is 32.4 Å². The van der Waals surface area contributed by atoms with Gasteiger partial charge in [0.1, 0.15) is 30.0 Å². The summed E-state index contributed by atoms with van der Waals surface area (Å²) in [5, 5.41) is 10.3. The number of rotatable bonds is 10. The summed E-state index contributed by atoms with van der Waals surface area (Å²) in [4.78, 5) is 2.19. The van der Waals surface area contributed by atoms with Gasteiger partial charge in [-0.2, -0.15) is 0 Å². The summed E-state index contributed by atoms with van der Waals surface area (Å²) >= 11 is 0. The van der Waals surface area contributed by atoms with Gasteiger partial charge in [0.2, 0.25) is 0 Å². The van der Waals surface area contributed by atoms with Crippen LogP contribution in [0.5, 0.6) is 17.2 Å². The van der Waals surface area contributed by atoms with E-state index < -0.39 is 6.10 Å². The maximum absolute atomic E-state index is 10.3. The molecule has 5 nitrogen and oxygen atoms in total. The van der Waals surface area contributed by atoms with Crippen molar-refractivity contribution in [2.45, 2.75) is 19.6 Å². The number of nitrogens with zero attached hydrogens (tertiary/aromatic N) is 1. The fourth-order valence-corrected chi connectivity index (χ4v) is 2.55. The SMILES string of the molecule is CCN(Cc1ccccc1)CC(O)COc1cc(OC)cc(OC)c1. The first-order valence-electron chi connectivity index (χ1n) is 8.44. The lowest BCUT2D eigenvalue weighted by Gasteiger charge is -2.24. The summed E-state index contributed by atoms with van der Waals surface area (Å²) in [6.07, 6.45) is -0.583. The molecule has 0 bridgehead atoms. The number of aliphatic hydroxyl groups excluding tert-OH is 1. The number of ether oxygens (including phenoxy) is 3. The predicted octanol–water partition coefficient (Wildman–Crippen LogP) is 2.97. The van der Waals surface area contributed by atoms with Crippen LogP contribution in [0, 0.1) is 0 Å². The van der Waals surface area contributed by atoms with Gasteiger partial charge in [-0.3, -0.25) is 4.90 Å². The number of hydrogen-bond donors (Lipinski definition) is 1. The number of benzene rings is 2. The zero-order chi connectivity index (χ0) is 18.1. The Morgan fingerprint density at radius 2 is 1.56 bits per heavy atom. The lowest BCUT2D eigenvalue weighted by atomic mass is 10.2. The third-order valence-electron chi connectivity index (χ3n) is 3.93. The predicted molar refractivity (Wildman–Crippen MR) is 98.4 cm³/mol. The van der Waals surface area contributed by atoms with Gasteiger partial charge in [0.25, 0.3) is 0 Å². The second-order valence-corrected chi connectivity index (χ2v) is 5.83. The number of likely N-dealkylation sites (N-methyl/N-ethyl adjacent to an activating group) is 1. The fraction of sp³-hybridized carbons (Fsp3) is 0.400. The molecule has 0 radical (unpaired) electrons. The van der Waals surface area contributed by atoms with Crippen LogP contribution in [-0.2, 0) is 6.54 Å². The molecule has 25 heavy (non-hydrogen) atoms. The van der Waals surface area contributed by atoms with Gasteiger partial charge in [-0.25, -0.2) is 0 Å². The zero-order valence-electron chi connectivity index (χ0n) is 15.1. The molecular weight excluding hydrogens is 318 g/mol. The van der Waals surface area contributed by atoms with E-state index >= 15 is 0 Å². The highest BCUT2D eigenvalue weighted by molar-refractivity contribution is 5.42. The van der Waals surface area contributed by atoms with E-state index in [1.165, 1.54) is 5.56 Å². The van der Waals surface area contributed by atoms with Gasteiger partial charge < -0.3 is 19.3 Å². The normalized spacial score (nSPS) is 12.0. The molecule has 2 aromatic carbocycles. The Hall–Kier alpha value is -2.24. The Kier molecular flexibility index (Phi) is 7.57. The minimum Gasteiger partial charge on any atom is -0.496 e. The van der Waals surface area contributed by atoms with Crippen LogP contribution >= 0.6 is 0 Å². The van der Waals surface area contributed by atoms with Crippen LogP contribution < -0.4 is 14.2 Å². The zero-order valence-corrected chi connectivity index (χ0v) is 15.1. The Labute approximate surface area is 149 Å². The summed E-state index contributed by atoms with van der Waals surface area (Å²) in [5.74, 6) is 1.92. The molecule has 0 amide bonds. The molecule has 0 heterocycles. The van der Waals surface area contributed by atoms with E-state index in [0.717, 1.165) is 13.1 Å². The molecule has 136 valence electrons. The lowest BCUT2D eigenvalue weighted by Crippen LogP contribution is -2.35. The molecule has 5 heteroatoms. The minimum atomic E-state index is -0.583. The van der Waals surface area contributed by atoms with E-state index in [-0.39, 0.29) is 6.61 Å². The quantitative estimate of drug-likeness (QED) is 0.717. The number of methoxy groups -OCH3 is 2. The van der Waals surface area contributed by atoms with Gasteiger partial charge in [-0.05, 0) is 12.1 Å². The van der Waals surface area contributed by atoms with E-state index in [2.05, 4.69) is 24.0 Å². The summed E-state index contributed by atoms with van der Waals surface area (Å²) in [6, 6.07) is 15.6. The number of hydrogen-bond acceptors (Lipinski definition) is 5. The van der Waals surface area contributed by atoms with Crippen molar-refractivity contribution in [2.75, 3.05) is 33.9 Å². The van der Waals surface area contributed by atoms with Crippen molar-refractivity contribution in [3.05, 3.63) is 54.1 Å². The highest BCUT2D eigenvalue weighted by atomic mass is 16.5. The molecule has 1 unspecified atom stereocenters. The third kappa shape index (κ3) is 6.29. The van der Waals surface area contributed by atoms with E-state index in [9.17, 15) is 5.11 Å². The van der Waals surface area contributed by atoms with Gasteiger partial charge in [0, 0.05) is 31.3 Å². The fourth-order valence-electron chi connectivity index (χ4n) is 2.55. The molecule has 2 rings (SSSR count). The summed E-state index contributed by atoms with van der Waals surface area (Å²) in [6.45, 7) is 4.51. The van der Waals surface area contributed by atoms with E-state index in [4.69, 9.17) is 14.2 Å². The Morgan fingerprint density at radius 1 is 0.960 bits per heavy atom. The van der Waals surface area contributed by atoms with E-state index in [0.29, 0.717) is 23.8 Å². The van der Waals surface area contributed by atoms with Crippen LogP contribution in [0.2, 0.25) is 0 Å². The molecule has 0 aliphatic carbocycles. The molecule has 0 aliphatic heterocycles. The van der Waals surface area contributed by atoms with Crippen molar-refractivity contribution in [1.29, 1.82) is 0 Å². The smallest absolute Gasteiger partial charge is 0.126 e. The van der Waals surface area contributed by atoms with Crippen LogP contribution in [0.1, 0.15) is 12.5 Å². The van der Waals surface area contributed by atoms with Crippen LogP contribution in [-0.4, -0.2) is 50.0 Å². The van der Waals surface area contributed by atoms with Crippen molar-refractivity contribution >= 4 is 0 Å². The van der Waals surface area contributed by atoms with Crippen LogP contribution in [0.25, 0.3) is 0 Å². The summed E-state index contributed by atoms with van der Waals surface area (Å²) in [5.41, 5.74) is 1.23. The molecule has 1 atom stereocenters. The minimum absolute atomic E-state index is 0.210. The topological polar surface area (TPSA) is 51.2 Å². The van der Waals surface area contributed by atoms with Crippen molar-refractivity contribution in [2.24, 2.45) is 0 Å². The third-order valence-corrected chi connectivity index (χ3v) is 3.93. The Balaban J connectivity index is 1.87. The Morgan fingerprint density at radius 3 is 2.12 bits per heavy atom. The monoisotopic (exact) mass is 345 g/mol. The molecule has 1 N–H and O–H groups in total. The van der Waals surface area contributed by atoms with Crippen molar-refractivity contribution in [1.82, 2.24) is 4.90 Å². The number of aliphatic hydroxyl groups is 1. The molecule has 0 aliphatic rings. The molecule has 0 aromatic heterocycles. The first kappa shape index (κ1) is 19.1. The molecular formula is C20H27NO4. The lowest BCUT2D eigenvalue weighted by molar-refractivity contribution is 0.0673. The molecule has 0 fully saturated rings. The first-order chi connectivity index (χ1) is 12.1. The van der Waals surface area contributed by atoms with Gasteiger partial charge in [0.15, 0.2) is 0 Å². The van der Waals surface area contributed by atoms with Gasteiger partial charge in [-0.1, -0.05) is 37.3 Å². The second kappa shape index (κ2) is 9.91. The molecule has 2 aromatic rings. The maximum Gasteiger partial charge on any atom is 0.126 e. The van der Waals surface area contributed by atoms with Gasteiger partial charge in [0.05, 0.1) is 14.2 Å². The summed E-state index contributed by atoms with van der Waals surface area (Å²) in [7, 11) is 3.19.